The summed E-state index contributed by atoms with van der Waals surface area (Å²) in [7, 11) is 0. The number of hydrogen-bond acceptors (Lipinski definition) is 6. The van der Waals surface area contributed by atoms with Crippen LogP contribution in [-0.4, -0.2) is 32.5 Å². The number of halogens is 1. The number of imidazole rings is 1. The molecular weight excluding hydrogens is 428 g/mol. The Morgan fingerprint density at radius 2 is 2.04 bits per heavy atom. The Morgan fingerprint density at radius 1 is 1.22 bits per heavy atom. The molecule has 2 aromatic heterocycles. The fourth-order valence-corrected chi connectivity index (χ4v) is 4.29. The molecule has 3 aromatic rings. The van der Waals surface area contributed by atoms with Crippen LogP contribution in [0.2, 0.25) is 0 Å². The molecule has 1 unspecified atom stereocenters. The van der Waals surface area contributed by atoms with E-state index < -0.39 is 0 Å². The van der Waals surface area contributed by atoms with Gasteiger partial charge in [0, 0.05) is 22.3 Å². The number of aromatic nitrogens is 4. The average molecular weight is 449 g/mol. The molecule has 0 spiro atoms. The van der Waals surface area contributed by atoms with Crippen molar-refractivity contribution >= 4 is 27.7 Å². The van der Waals surface area contributed by atoms with Gasteiger partial charge in [0.05, 0.1) is 24.1 Å². The molecule has 0 aliphatic carbocycles. The van der Waals surface area contributed by atoms with E-state index in [0.717, 1.165) is 46.9 Å². The highest BCUT2D eigenvalue weighted by atomic mass is 79.9. The van der Waals surface area contributed by atoms with Crippen LogP contribution in [0.25, 0.3) is 11.5 Å². The molecule has 0 saturated carbocycles. The molecule has 8 heteroatoms. The molecule has 27 heavy (non-hydrogen) atoms. The first-order chi connectivity index (χ1) is 13.1. The minimum atomic E-state index is 0.282. The van der Waals surface area contributed by atoms with Crippen molar-refractivity contribution in [3.8, 4) is 11.5 Å². The maximum absolute atomic E-state index is 5.82. The second-order valence-corrected chi connectivity index (χ2v) is 8.47. The quantitative estimate of drug-likeness (QED) is 0.505. The summed E-state index contributed by atoms with van der Waals surface area (Å²) in [6.45, 7) is 5.87. The Labute approximate surface area is 170 Å². The van der Waals surface area contributed by atoms with Crippen LogP contribution < -0.4 is 0 Å². The van der Waals surface area contributed by atoms with E-state index in [-0.39, 0.29) is 6.10 Å². The third-order valence-electron chi connectivity index (χ3n) is 4.72. The van der Waals surface area contributed by atoms with Crippen LogP contribution in [0.3, 0.4) is 0 Å². The molecule has 0 bridgehead atoms. The van der Waals surface area contributed by atoms with Gasteiger partial charge in [-0.3, -0.25) is 0 Å². The van der Waals surface area contributed by atoms with Gasteiger partial charge in [-0.05, 0) is 51.0 Å². The molecule has 1 aliphatic rings. The van der Waals surface area contributed by atoms with Gasteiger partial charge in [-0.1, -0.05) is 27.7 Å². The van der Waals surface area contributed by atoms with E-state index in [1.807, 2.05) is 31.2 Å². The minimum absolute atomic E-state index is 0.282. The lowest BCUT2D eigenvalue weighted by Gasteiger charge is -2.14. The zero-order valence-electron chi connectivity index (χ0n) is 15.3. The van der Waals surface area contributed by atoms with Crippen molar-refractivity contribution in [1.29, 1.82) is 0 Å². The van der Waals surface area contributed by atoms with Crippen molar-refractivity contribution in [2.75, 3.05) is 6.61 Å². The molecule has 1 aromatic carbocycles. The van der Waals surface area contributed by atoms with E-state index in [9.17, 15) is 0 Å². The molecular formula is C19H21BrN4O2S. The fourth-order valence-electron chi connectivity index (χ4n) is 3.09. The second kappa shape index (κ2) is 8.16. The lowest BCUT2D eigenvalue weighted by molar-refractivity contribution is 0.0945. The lowest BCUT2D eigenvalue weighted by atomic mass is 10.2. The van der Waals surface area contributed by atoms with Gasteiger partial charge in [0.2, 0.25) is 11.8 Å². The van der Waals surface area contributed by atoms with E-state index in [4.69, 9.17) is 14.1 Å². The van der Waals surface area contributed by atoms with E-state index >= 15 is 0 Å². The van der Waals surface area contributed by atoms with E-state index in [0.29, 0.717) is 17.5 Å². The minimum Gasteiger partial charge on any atom is -0.420 e. The maximum atomic E-state index is 5.82. The van der Waals surface area contributed by atoms with E-state index in [1.165, 1.54) is 5.69 Å². The molecule has 0 radical (unpaired) electrons. The number of hydrogen-bond donors (Lipinski definition) is 0. The molecule has 1 aliphatic heterocycles. The normalized spacial score (nSPS) is 16.9. The summed E-state index contributed by atoms with van der Waals surface area (Å²) in [6.07, 6.45) is 2.53. The Bertz CT molecular complexity index is 916. The SMILES string of the molecule is Cc1nc(SCc2nnc(-c3ccc(Br)cc3)o2)n(CC2CCCO2)c1C. The van der Waals surface area contributed by atoms with Gasteiger partial charge in [-0.25, -0.2) is 4.98 Å². The van der Waals surface area contributed by atoms with Crippen LogP contribution in [-0.2, 0) is 17.0 Å². The Morgan fingerprint density at radius 3 is 2.78 bits per heavy atom. The smallest absolute Gasteiger partial charge is 0.247 e. The lowest BCUT2D eigenvalue weighted by Crippen LogP contribution is -2.16. The Balaban J connectivity index is 1.46. The average Bonchev–Trinajstić information content (AvgIpc) is 3.39. The number of nitrogens with zero attached hydrogens (tertiary/aromatic N) is 4. The first-order valence-electron chi connectivity index (χ1n) is 8.96. The zero-order chi connectivity index (χ0) is 18.8. The summed E-state index contributed by atoms with van der Waals surface area (Å²) >= 11 is 5.05. The summed E-state index contributed by atoms with van der Waals surface area (Å²) in [5, 5.41) is 9.32. The molecule has 1 fully saturated rings. The number of benzene rings is 1. The number of rotatable bonds is 6. The number of thioether (sulfide) groups is 1. The van der Waals surface area contributed by atoms with Crippen molar-refractivity contribution in [3.63, 3.8) is 0 Å². The molecule has 0 amide bonds. The largest absolute Gasteiger partial charge is 0.420 e. The summed E-state index contributed by atoms with van der Waals surface area (Å²) in [4.78, 5) is 4.72. The third-order valence-corrected chi connectivity index (χ3v) is 6.21. The molecule has 6 nitrogen and oxygen atoms in total. The van der Waals surface area contributed by atoms with Crippen molar-refractivity contribution in [3.05, 3.63) is 46.0 Å². The second-order valence-electron chi connectivity index (χ2n) is 6.61. The highest BCUT2D eigenvalue weighted by molar-refractivity contribution is 9.10. The van der Waals surface area contributed by atoms with Crippen LogP contribution in [0.15, 0.2) is 38.3 Å². The predicted molar refractivity (Wildman–Crippen MR) is 108 cm³/mol. The number of ether oxygens (including phenoxy) is 1. The maximum Gasteiger partial charge on any atom is 0.247 e. The fraction of sp³-hybridized carbons (Fsp3) is 0.421. The van der Waals surface area contributed by atoms with Gasteiger partial charge in [0.25, 0.3) is 0 Å². The van der Waals surface area contributed by atoms with Gasteiger partial charge < -0.3 is 13.7 Å². The van der Waals surface area contributed by atoms with Crippen LogP contribution >= 0.6 is 27.7 Å². The first-order valence-corrected chi connectivity index (χ1v) is 10.7. The number of aryl methyl sites for hydroxylation is 1. The van der Waals surface area contributed by atoms with Crippen molar-refractivity contribution in [2.45, 2.75) is 50.2 Å². The van der Waals surface area contributed by atoms with Gasteiger partial charge >= 0.3 is 0 Å². The summed E-state index contributed by atoms with van der Waals surface area (Å²) in [5.41, 5.74) is 3.15. The molecule has 1 saturated heterocycles. The summed E-state index contributed by atoms with van der Waals surface area (Å²) in [5.74, 6) is 1.72. The van der Waals surface area contributed by atoms with Crippen molar-refractivity contribution < 1.29 is 9.15 Å². The summed E-state index contributed by atoms with van der Waals surface area (Å²) < 4.78 is 14.9. The van der Waals surface area contributed by atoms with Crippen LogP contribution in [0.1, 0.15) is 30.1 Å². The first kappa shape index (κ1) is 18.7. The van der Waals surface area contributed by atoms with Gasteiger partial charge in [-0.15, -0.1) is 10.2 Å². The highest BCUT2D eigenvalue weighted by Crippen LogP contribution is 2.28. The van der Waals surface area contributed by atoms with Gasteiger partial charge in [0.15, 0.2) is 5.16 Å². The summed E-state index contributed by atoms with van der Waals surface area (Å²) in [6, 6.07) is 7.83. The van der Waals surface area contributed by atoms with Crippen molar-refractivity contribution in [1.82, 2.24) is 19.7 Å². The Hall–Kier alpha value is -1.64. The van der Waals surface area contributed by atoms with Crippen LogP contribution in [0, 0.1) is 13.8 Å². The molecule has 3 heterocycles. The Kier molecular flexibility index (Phi) is 5.66. The van der Waals surface area contributed by atoms with Crippen LogP contribution in [0.4, 0.5) is 0 Å². The molecule has 1 atom stereocenters. The highest BCUT2D eigenvalue weighted by Gasteiger charge is 2.21. The molecule has 0 N–H and O–H groups in total. The third kappa shape index (κ3) is 4.28. The predicted octanol–water partition coefficient (Wildman–Crippen LogP) is 4.78. The molecule has 142 valence electrons. The van der Waals surface area contributed by atoms with Gasteiger partial charge in [0.1, 0.15) is 0 Å². The topological polar surface area (TPSA) is 66.0 Å². The van der Waals surface area contributed by atoms with E-state index in [2.05, 4.69) is 37.6 Å². The standard InChI is InChI=1S/C19H21BrN4O2S/c1-12-13(2)24(10-16-4-3-9-25-16)19(21-12)27-11-17-22-23-18(26-17)14-5-7-15(20)8-6-14/h5-8,16H,3-4,9-11H2,1-2H3. The van der Waals surface area contributed by atoms with Crippen molar-refractivity contribution in [2.24, 2.45) is 0 Å². The van der Waals surface area contributed by atoms with E-state index in [1.54, 1.807) is 11.8 Å². The monoisotopic (exact) mass is 448 g/mol. The molecule has 4 rings (SSSR count). The van der Waals surface area contributed by atoms with Crippen LogP contribution in [0.5, 0.6) is 0 Å². The van der Waals surface area contributed by atoms with Gasteiger partial charge in [-0.2, -0.15) is 0 Å². The zero-order valence-corrected chi connectivity index (χ0v) is 17.7.